The molecular weight excluding hydrogens is 463 g/mol. The van der Waals surface area contributed by atoms with Crippen molar-refractivity contribution in [3.8, 4) is 0 Å². The van der Waals surface area contributed by atoms with Crippen molar-refractivity contribution in [1.82, 2.24) is 5.43 Å². The zero-order valence-electron chi connectivity index (χ0n) is 9.59. The van der Waals surface area contributed by atoms with E-state index in [9.17, 15) is 4.39 Å². The van der Waals surface area contributed by atoms with Crippen LogP contribution in [0.5, 0.6) is 0 Å². The highest BCUT2D eigenvalue weighted by Crippen LogP contribution is 2.36. The van der Waals surface area contributed by atoms with Crippen LogP contribution >= 0.6 is 59.1 Å². The molecule has 19 heavy (non-hydrogen) atoms. The van der Waals surface area contributed by atoms with Crippen LogP contribution < -0.4 is 11.3 Å². The third-order valence-electron chi connectivity index (χ3n) is 2.57. The van der Waals surface area contributed by atoms with Gasteiger partial charge < -0.3 is 0 Å². The van der Waals surface area contributed by atoms with Gasteiger partial charge in [-0.05, 0) is 68.1 Å². The topological polar surface area (TPSA) is 38.0 Å². The van der Waals surface area contributed by atoms with E-state index in [1.165, 1.54) is 12.1 Å². The number of rotatable bonds is 4. The molecule has 1 atom stereocenters. The third kappa shape index (κ3) is 4.09. The second-order valence-electron chi connectivity index (χ2n) is 3.97. The van der Waals surface area contributed by atoms with Crippen molar-refractivity contribution in [1.29, 1.82) is 0 Å². The monoisotopic (exact) mass is 470 g/mol. The minimum atomic E-state index is -0.256. The maximum absolute atomic E-state index is 13.4. The molecule has 2 aromatic rings. The molecule has 0 saturated carbocycles. The van der Waals surface area contributed by atoms with Gasteiger partial charge in [-0.1, -0.05) is 15.9 Å². The van der Waals surface area contributed by atoms with Crippen molar-refractivity contribution >= 4 is 59.1 Å². The Morgan fingerprint density at radius 1 is 1.21 bits per heavy atom. The molecule has 2 rings (SSSR count). The van der Waals surface area contributed by atoms with E-state index in [1.807, 2.05) is 12.1 Å². The molecule has 0 spiro atoms. The van der Waals surface area contributed by atoms with E-state index in [-0.39, 0.29) is 11.9 Å². The Balaban J connectivity index is 2.23. The summed E-state index contributed by atoms with van der Waals surface area (Å²) in [6, 6.07) is 6.81. The van der Waals surface area contributed by atoms with Gasteiger partial charge >= 0.3 is 0 Å². The van der Waals surface area contributed by atoms with Crippen LogP contribution in [-0.2, 0) is 6.42 Å². The zero-order valence-corrected chi connectivity index (χ0v) is 15.2. The van der Waals surface area contributed by atoms with Crippen LogP contribution in [0.1, 0.15) is 16.5 Å². The van der Waals surface area contributed by atoms with Crippen molar-refractivity contribution in [3.63, 3.8) is 0 Å². The first-order chi connectivity index (χ1) is 8.99. The van der Waals surface area contributed by atoms with Crippen LogP contribution in [0.2, 0.25) is 0 Å². The summed E-state index contributed by atoms with van der Waals surface area (Å²) < 4.78 is 16.1. The van der Waals surface area contributed by atoms with Crippen LogP contribution in [0.4, 0.5) is 4.39 Å². The van der Waals surface area contributed by atoms with Crippen molar-refractivity contribution in [2.24, 2.45) is 5.84 Å². The molecule has 0 aliphatic rings. The highest BCUT2D eigenvalue weighted by Gasteiger charge is 2.15. The van der Waals surface area contributed by atoms with Crippen LogP contribution in [0.25, 0.3) is 0 Å². The highest BCUT2D eigenvalue weighted by atomic mass is 79.9. The van der Waals surface area contributed by atoms with Gasteiger partial charge in [-0.3, -0.25) is 11.3 Å². The Hall–Kier alpha value is 0.210. The van der Waals surface area contributed by atoms with Gasteiger partial charge in [-0.2, -0.15) is 0 Å². The van der Waals surface area contributed by atoms with E-state index >= 15 is 0 Å². The van der Waals surface area contributed by atoms with Crippen molar-refractivity contribution < 1.29 is 4.39 Å². The van der Waals surface area contributed by atoms with Gasteiger partial charge in [0.15, 0.2) is 0 Å². The van der Waals surface area contributed by atoms with Crippen LogP contribution in [0.3, 0.4) is 0 Å². The molecule has 0 fully saturated rings. The predicted octanol–water partition coefficient (Wildman–Crippen LogP) is 4.92. The molecule has 0 amide bonds. The number of hydrogen-bond donors (Lipinski definition) is 2. The number of hydrazine groups is 1. The first kappa shape index (κ1) is 15.6. The lowest BCUT2D eigenvalue weighted by Crippen LogP contribution is -2.29. The van der Waals surface area contributed by atoms with Gasteiger partial charge in [0.2, 0.25) is 0 Å². The van der Waals surface area contributed by atoms with E-state index in [4.69, 9.17) is 5.84 Å². The van der Waals surface area contributed by atoms with Gasteiger partial charge in [0, 0.05) is 13.8 Å². The number of thiophene rings is 1. The second kappa shape index (κ2) is 6.78. The number of nitrogens with one attached hydrogen (secondary N) is 1. The molecule has 1 aromatic heterocycles. The molecule has 1 heterocycles. The van der Waals surface area contributed by atoms with Crippen LogP contribution in [-0.4, -0.2) is 0 Å². The van der Waals surface area contributed by atoms with E-state index in [2.05, 4.69) is 53.2 Å². The largest absolute Gasteiger partial charge is 0.271 e. The average molecular weight is 473 g/mol. The van der Waals surface area contributed by atoms with Crippen LogP contribution in [0, 0.1) is 5.82 Å². The molecule has 0 radical (unpaired) electrons. The Kier molecular flexibility index (Phi) is 5.56. The first-order valence-corrected chi connectivity index (χ1v) is 8.55. The Bertz CT molecular complexity index is 549. The molecular formula is C12H10Br3FN2S. The normalized spacial score (nSPS) is 12.7. The molecule has 0 saturated heterocycles. The number of hydrogen-bond acceptors (Lipinski definition) is 3. The molecule has 7 heteroatoms. The summed E-state index contributed by atoms with van der Waals surface area (Å²) >= 11 is 11.8. The maximum Gasteiger partial charge on any atom is 0.124 e. The summed E-state index contributed by atoms with van der Waals surface area (Å²) in [5, 5.41) is 0. The average Bonchev–Trinajstić information content (AvgIpc) is 2.65. The molecule has 2 nitrogen and oxygen atoms in total. The lowest BCUT2D eigenvalue weighted by molar-refractivity contribution is 0.556. The van der Waals surface area contributed by atoms with Crippen molar-refractivity contribution in [2.75, 3.05) is 0 Å². The Labute approximate surface area is 139 Å². The minimum absolute atomic E-state index is 0.0544. The molecule has 0 bridgehead atoms. The summed E-state index contributed by atoms with van der Waals surface area (Å²) in [4.78, 5) is 1.08. The van der Waals surface area contributed by atoms with Gasteiger partial charge in [-0.25, -0.2) is 4.39 Å². The van der Waals surface area contributed by atoms with E-state index < -0.39 is 0 Å². The Morgan fingerprint density at radius 3 is 2.47 bits per heavy atom. The zero-order chi connectivity index (χ0) is 14.0. The molecule has 1 aromatic carbocycles. The predicted molar refractivity (Wildman–Crippen MR) is 87.6 cm³/mol. The lowest BCUT2D eigenvalue weighted by atomic mass is 10.1. The quantitative estimate of drug-likeness (QED) is 0.489. The summed E-state index contributed by atoms with van der Waals surface area (Å²) in [6.45, 7) is 0. The first-order valence-electron chi connectivity index (χ1n) is 5.35. The fourth-order valence-electron chi connectivity index (χ4n) is 1.74. The lowest BCUT2D eigenvalue weighted by Gasteiger charge is -2.14. The summed E-state index contributed by atoms with van der Waals surface area (Å²) in [6.07, 6.45) is 0.617. The molecule has 102 valence electrons. The Morgan fingerprint density at radius 2 is 1.95 bits per heavy atom. The maximum atomic E-state index is 13.4. The summed E-state index contributed by atoms with van der Waals surface area (Å²) in [5.74, 6) is 5.35. The van der Waals surface area contributed by atoms with Crippen molar-refractivity contribution in [3.05, 3.63) is 53.3 Å². The van der Waals surface area contributed by atoms with Crippen molar-refractivity contribution in [2.45, 2.75) is 12.5 Å². The molecule has 0 aliphatic heterocycles. The smallest absolute Gasteiger partial charge is 0.124 e. The molecule has 0 aliphatic carbocycles. The van der Waals surface area contributed by atoms with E-state index in [0.29, 0.717) is 6.42 Å². The van der Waals surface area contributed by atoms with Gasteiger partial charge in [0.05, 0.1) is 9.83 Å². The number of benzene rings is 1. The van der Waals surface area contributed by atoms with E-state index in [1.54, 1.807) is 11.3 Å². The molecule has 3 N–H and O–H groups in total. The fourth-order valence-corrected chi connectivity index (χ4v) is 4.40. The van der Waals surface area contributed by atoms with E-state index in [0.717, 1.165) is 23.2 Å². The minimum Gasteiger partial charge on any atom is -0.271 e. The van der Waals surface area contributed by atoms with Gasteiger partial charge in [0.1, 0.15) is 5.82 Å². The third-order valence-corrected chi connectivity index (χ3v) is 6.40. The highest BCUT2D eigenvalue weighted by molar-refractivity contribution is 9.13. The molecule has 1 unspecified atom stereocenters. The van der Waals surface area contributed by atoms with Gasteiger partial charge in [-0.15, -0.1) is 11.3 Å². The SMILES string of the molecule is NNC(Cc1cc(F)cc(Br)c1)c1cc(Br)c(Br)s1. The number of halogens is 4. The standard InChI is InChI=1S/C12H10Br3FN2S/c13-7-1-6(2-8(16)4-7)3-10(18-17)11-5-9(14)12(15)19-11/h1-2,4-5,10,18H,3,17H2. The summed E-state index contributed by atoms with van der Waals surface area (Å²) in [5.41, 5.74) is 3.66. The summed E-state index contributed by atoms with van der Waals surface area (Å²) in [7, 11) is 0. The van der Waals surface area contributed by atoms with Gasteiger partial charge in [0.25, 0.3) is 0 Å². The van der Waals surface area contributed by atoms with Crippen LogP contribution in [0.15, 0.2) is 37.0 Å². The second-order valence-corrected chi connectivity index (χ2v) is 8.14. The number of nitrogens with two attached hydrogens (primary N) is 1. The fraction of sp³-hybridized carbons (Fsp3) is 0.167.